The molecule has 0 aliphatic carbocycles. The molecule has 2 aromatic rings. The van der Waals surface area contributed by atoms with Crippen molar-refractivity contribution in [3.05, 3.63) is 65.5 Å². The molecule has 0 heterocycles. The monoisotopic (exact) mass is 350 g/mol. The number of benzene rings is 2. The lowest BCUT2D eigenvalue weighted by molar-refractivity contribution is 0.253. The Kier molecular flexibility index (Phi) is 5.74. The molecule has 130 valence electrons. The second-order valence-corrected chi connectivity index (χ2v) is 8.23. The van der Waals surface area contributed by atoms with Crippen LogP contribution in [0.15, 0.2) is 53.4 Å². The maximum absolute atomic E-state index is 13.0. The van der Waals surface area contributed by atoms with Gasteiger partial charge in [-0.25, -0.2) is 17.1 Å². The highest BCUT2D eigenvalue weighted by Gasteiger charge is 2.18. The third-order valence-corrected chi connectivity index (χ3v) is 5.93. The molecule has 0 saturated carbocycles. The van der Waals surface area contributed by atoms with E-state index in [1.807, 2.05) is 20.0 Å². The van der Waals surface area contributed by atoms with Crippen LogP contribution in [0.4, 0.5) is 4.39 Å². The lowest BCUT2D eigenvalue weighted by atomic mass is 10.1. The molecule has 2 aromatic carbocycles. The minimum atomic E-state index is -3.44. The quantitative estimate of drug-likeness (QED) is 0.803. The van der Waals surface area contributed by atoms with Crippen LogP contribution in [0.1, 0.15) is 24.1 Å². The Balaban J connectivity index is 2.17. The third kappa shape index (κ3) is 4.20. The van der Waals surface area contributed by atoms with Gasteiger partial charge in [0.25, 0.3) is 0 Å². The zero-order chi connectivity index (χ0) is 17.9. The molecule has 0 amide bonds. The van der Waals surface area contributed by atoms with E-state index in [-0.39, 0.29) is 16.8 Å². The summed E-state index contributed by atoms with van der Waals surface area (Å²) >= 11 is 0. The van der Waals surface area contributed by atoms with Crippen LogP contribution in [0, 0.1) is 5.82 Å². The molecule has 0 bridgehead atoms. The van der Waals surface area contributed by atoms with Gasteiger partial charge in [-0.3, -0.25) is 4.90 Å². The number of hydrogen-bond acceptors (Lipinski definition) is 3. The summed E-state index contributed by atoms with van der Waals surface area (Å²) in [5.74, 6) is -0.254. The van der Waals surface area contributed by atoms with Gasteiger partial charge >= 0.3 is 0 Å². The zero-order valence-electron chi connectivity index (χ0n) is 14.4. The van der Waals surface area contributed by atoms with Gasteiger partial charge in [-0.1, -0.05) is 24.3 Å². The number of nitrogens with zero attached hydrogens (tertiary/aromatic N) is 2. The molecule has 0 radical (unpaired) electrons. The number of sulfonamides is 1. The molecule has 1 unspecified atom stereocenters. The van der Waals surface area contributed by atoms with E-state index in [0.29, 0.717) is 6.54 Å². The molecule has 0 saturated heterocycles. The van der Waals surface area contributed by atoms with Crippen molar-refractivity contribution in [2.45, 2.75) is 24.4 Å². The van der Waals surface area contributed by atoms with Gasteiger partial charge in [0.2, 0.25) is 10.0 Å². The van der Waals surface area contributed by atoms with Crippen molar-refractivity contribution >= 4 is 10.0 Å². The second kappa shape index (κ2) is 7.42. The average Bonchev–Trinajstić information content (AvgIpc) is 2.55. The van der Waals surface area contributed by atoms with E-state index in [2.05, 4.69) is 4.90 Å². The summed E-state index contributed by atoms with van der Waals surface area (Å²) in [6.45, 7) is 2.63. The van der Waals surface area contributed by atoms with Gasteiger partial charge in [0.15, 0.2) is 0 Å². The SMILES string of the molecule is CC(c1ccc(F)cc1)N(C)Cc1cccc(S(=O)(=O)N(C)C)c1. The lowest BCUT2D eigenvalue weighted by Gasteiger charge is -2.25. The first-order valence-electron chi connectivity index (χ1n) is 7.69. The number of halogens is 1. The van der Waals surface area contributed by atoms with Crippen LogP contribution in [0.5, 0.6) is 0 Å². The Hall–Kier alpha value is -1.76. The van der Waals surface area contributed by atoms with Crippen molar-refractivity contribution in [2.24, 2.45) is 0 Å². The Bertz CT molecular complexity index is 789. The fourth-order valence-electron chi connectivity index (χ4n) is 2.44. The van der Waals surface area contributed by atoms with Gasteiger partial charge in [0.1, 0.15) is 5.82 Å². The molecule has 0 N–H and O–H groups in total. The van der Waals surface area contributed by atoms with E-state index in [1.54, 1.807) is 30.3 Å². The van der Waals surface area contributed by atoms with Crippen molar-refractivity contribution in [2.75, 3.05) is 21.1 Å². The summed E-state index contributed by atoms with van der Waals surface area (Å²) in [4.78, 5) is 2.38. The maximum Gasteiger partial charge on any atom is 0.242 e. The van der Waals surface area contributed by atoms with Crippen molar-refractivity contribution in [3.63, 3.8) is 0 Å². The molecule has 6 heteroatoms. The van der Waals surface area contributed by atoms with Gasteiger partial charge in [0, 0.05) is 26.7 Å². The van der Waals surface area contributed by atoms with E-state index in [1.165, 1.54) is 30.5 Å². The van der Waals surface area contributed by atoms with E-state index in [0.717, 1.165) is 11.1 Å². The van der Waals surface area contributed by atoms with E-state index >= 15 is 0 Å². The first kappa shape index (κ1) is 18.6. The fraction of sp³-hybridized carbons (Fsp3) is 0.333. The molecule has 2 rings (SSSR count). The van der Waals surface area contributed by atoms with E-state index < -0.39 is 10.0 Å². The van der Waals surface area contributed by atoms with Gasteiger partial charge in [0.05, 0.1) is 4.90 Å². The summed E-state index contributed by atoms with van der Waals surface area (Å²) in [5.41, 5.74) is 1.92. The average molecular weight is 350 g/mol. The summed E-state index contributed by atoms with van der Waals surface area (Å²) in [6, 6.07) is 13.5. The molecular weight excluding hydrogens is 327 g/mol. The molecule has 0 aliphatic rings. The standard InChI is InChI=1S/C18H23FN2O2S/c1-14(16-8-10-17(19)11-9-16)21(4)13-15-6-5-7-18(12-15)24(22,23)20(2)3/h5-12,14H,13H2,1-4H3. The third-order valence-electron chi connectivity index (χ3n) is 4.12. The lowest BCUT2D eigenvalue weighted by Crippen LogP contribution is -2.24. The maximum atomic E-state index is 13.0. The first-order chi connectivity index (χ1) is 11.2. The topological polar surface area (TPSA) is 40.6 Å². The largest absolute Gasteiger partial charge is 0.295 e. The van der Waals surface area contributed by atoms with Crippen LogP contribution in [0.25, 0.3) is 0 Å². The second-order valence-electron chi connectivity index (χ2n) is 6.08. The first-order valence-corrected chi connectivity index (χ1v) is 9.13. The van der Waals surface area contributed by atoms with Crippen LogP contribution in [-0.2, 0) is 16.6 Å². The van der Waals surface area contributed by atoms with Crippen molar-refractivity contribution in [1.29, 1.82) is 0 Å². The van der Waals surface area contributed by atoms with Gasteiger partial charge in [-0.2, -0.15) is 0 Å². The summed E-state index contributed by atoms with van der Waals surface area (Å²) < 4.78 is 38.7. The molecule has 4 nitrogen and oxygen atoms in total. The fourth-order valence-corrected chi connectivity index (χ4v) is 3.41. The summed E-state index contributed by atoms with van der Waals surface area (Å²) in [7, 11) is 1.56. The zero-order valence-corrected chi connectivity index (χ0v) is 15.2. The highest BCUT2D eigenvalue weighted by Crippen LogP contribution is 2.22. The Morgan fingerprint density at radius 1 is 1.04 bits per heavy atom. The van der Waals surface area contributed by atoms with Crippen LogP contribution in [-0.4, -0.2) is 38.8 Å². The van der Waals surface area contributed by atoms with Gasteiger partial charge in [-0.05, 0) is 49.4 Å². The molecule has 24 heavy (non-hydrogen) atoms. The van der Waals surface area contributed by atoms with Crippen LogP contribution < -0.4 is 0 Å². The highest BCUT2D eigenvalue weighted by atomic mass is 32.2. The molecule has 0 fully saturated rings. The number of hydrogen-bond donors (Lipinski definition) is 0. The van der Waals surface area contributed by atoms with Gasteiger partial charge < -0.3 is 0 Å². The molecule has 0 aliphatic heterocycles. The van der Waals surface area contributed by atoms with Gasteiger partial charge in [-0.15, -0.1) is 0 Å². The predicted octanol–water partition coefficient (Wildman–Crippen LogP) is 3.27. The summed E-state index contributed by atoms with van der Waals surface area (Å²) in [5, 5.41) is 0. The smallest absolute Gasteiger partial charge is 0.242 e. The van der Waals surface area contributed by atoms with E-state index in [4.69, 9.17) is 0 Å². The minimum Gasteiger partial charge on any atom is -0.295 e. The molecule has 0 spiro atoms. The highest BCUT2D eigenvalue weighted by molar-refractivity contribution is 7.89. The predicted molar refractivity (Wildman–Crippen MR) is 93.6 cm³/mol. The van der Waals surface area contributed by atoms with Crippen molar-refractivity contribution in [3.8, 4) is 0 Å². The van der Waals surface area contributed by atoms with E-state index in [9.17, 15) is 12.8 Å². The number of rotatable bonds is 6. The molecule has 1 atom stereocenters. The van der Waals surface area contributed by atoms with Crippen molar-refractivity contribution < 1.29 is 12.8 Å². The molecule has 0 aromatic heterocycles. The Morgan fingerprint density at radius 2 is 1.67 bits per heavy atom. The Morgan fingerprint density at radius 3 is 2.25 bits per heavy atom. The minimum absolute atomic E-state index is 0.0831. The normalized spacial score (nSPS) is 13.5. The Labute approximate surface area is 143 Å². The molecular formula is C18H23FN2O2S. The van der Waals surface area contributed by atoms with Crippen LogP contribution in [0.2, 0.25) is 0 Å². The van der Waals surface area contributed by atoms with Crippen molar-refractivity contribution in [1.82, 2.24) is 9.21 Å². The van der Waals surface area contributed by atoms with Crippen LogP contribution in [0.3, 0.4) is 0 Å². The summed E-state index contributed by atoms with van der Waals surface area (Å²) in [6.07, 6.45) is 0. The van der Waals surface area contributed by atoms with Crippen LogP contribution >= 0.6 is 0 Å².